The third-order valence-corrected chi connectivity index (χ3v) is 6.75. The Morgan fingerprint density at radius 3 is 2.15 bits per heavy atom. The van der Waals surface area contributed by atoms with E-state index in [4.69, 9.17) is 0 Å². The maximum Gasteiger partial charge on any atom is 0.268 e. The summed E-state index contributed by atoms with van der Waals surface area (Å²) in [5.74, 6) is -1.79. The minimum Gasteiger partial charge on any atom is -0.274 e. The van der Waals surface area contributed by atoms with E-state index in [-0.39, 0.29) is 11.8 Å². The number of amides is 3. The van der Waals surface area contributed by atoms with Crippen molar-refractivity contribution in [3.05, 3.63) is 99.5 Å². The number of rotatable bonds is 3. The Balaban J connectivity index is 1.58. The third-order valence-electron chi connectivity index (χ3n) is 6.25. The molecular formula is C26H22BrN3O3. The van der Waals surface area contributed by atoms with Crippen molar-refractivity contribution >= 4 is 39.3 Å². The van der Waals surface area contributed by atoms with Crippen LogP contribution in [0.15, 0.2) is 77.3 Å². The molecule has 3 amide bonds. The van der Waals surface area contributed by atoms with Crippen molar-refractivity contribution in [3.63, 3.8) is 0 Å². The molecule has 2 aliphatic rings. The molecule has 3 atom stereocenters. The summed E-state index contributed by atoms with van der Waals surface area (Å²) in [6.07, 6.45) is 0. The summed E-state index contributed by atoms with van der Waals surface area (Å²) >= 11 is 3.40. The molecule has 166 valence electrons. The highest BCUT2D eigenvalue weighted by molar-refractivity contribution is 9.10. The van der Waals surface area contributed by atoms with Gasteiger partial charge >= 0.3 is 0 Å². The van der Waals surface area contributed by atoms with E-state index in [0.29, 0.717) is 11.3 Å². The fraction of sp³-hybridized carbons (Fsp3) is 0.192. The Morgan fingerprint density at radius 1 is 0.879 bits per heavy atom. The van der Waals surface area contributed by atoms with E-state index in [0.717, 1.165) is 21.2 Å². The van der Waals surface area contributed by atoms with Gasteiger partial charge in [-0.3, -0.25) is 19.4 Å². The number of benzene rings is 3. The second-order valence-corrected chi connectivity index (χ2v) is 9.44. The molecular weight excluding hydrogens is 482 g/mol. The minimum atomic E-state index is -0.934. The van der Waals surface area contributed by atoms with Gasteiger partial charge in [-0.15, -0.1) is 0 Å². The summed E-state index contributed by atoms with van der Waals surface area (Å²) in [6, 6.07) is 20.6. The second-order valence-electron chi connectivity index (χ2n) is 8.52. The first-order valence-corrected chi connectivity index (χ1v) is 11.5. The summed E-state index contributed by atoms with van der Waals surface area (Å²) in [5.41, 5.74) is 7.10. The van der Waals surface area contributed by atoms with Crippen LogP contribution in [0.1, 0.15) is 33.1 Å². The molecule has 0 aliphatic carbocycles. The van der Waals surface area contributed by atoms with Gasteiger partial charge in [0.1, 0.15) is 6.04 Å². The molecule has 2 heterocycles. The Morgan fingerprint density at radius 2 is 1.52 bits per heavy atom. The van der Waals surface area contributed by atoms with Gasteiger partial charge in [0.25, 0.3) is 11.8 Å². The predicted molar refractivity (Wildman–Crippen MR) is 128 cm³/mol. The summed E-state index contributed by atoms with van der Waals surface area (Å²) < 4.78 is 0.759. The Kier molecular flexibility index (Phi) is 5.38. The average Bonchev–Trinajstić information content (AvgIpc) is 3.31. The lowest BCUT2D eigenvalue weighted by atomic mass is 9.90. The molecule has 1 N–H and O–H groups in total. The number of nitrogens with one attached hydrogen (secondary N) is 1. The van der Waals surface area contributed by atoms with Crippen molar-refractivity contribution in [2.24, 2.45) is 5.92 Å². The van der Waals surface area contributed by atoms with E-state index in [1.807, 2.05) is 56.3 Å². The fourth-order valence-corrected chi connectivity index (χ4v) is 4.93. The standard InChI is InChI=1S/C26H22BrN3O3/c1-15-6-10-17(11-7-15)22-21-23(30(28-22)24(31)18-4-3-5-19(27)14-18)26(33)29(25(21)32)20-12-8-16(2)9-13-20/h3-14,21-23,28H,1-2H3/t21-,22-,23+/m0/s1. The zero-order valence-corrected chi connectivity index (χ0v) is 19.7. The predicted octanol–water partition coefficient (Wildman–Crippen LogP) is 4.33. The Bertz CT molecular complexity index is 1260. The number of halogens is 1. The fourth-order valence-electron chi connectivity index (χ4n) is 4.53. The van der Waals surface area contributed by atoms with Crippen molar-refractivity contribution in [2.75, 3.05) is 4.90 Å². The smallest absolute Gasteiger partial charge is 0.268 e. The summed E-state index contributed by atoms with van der Waals surface area (Å²) in [4.78, 5) is 41.9. The van der Waals surface area contributed by atoms with Crippen LogP contribution in [0.25, 0.3) is 0 Å². The third kappa shape index (κ3) is 3.67. The quantitative estimate of drug-likeness (QED) is 0.540. The van der Waals surface area contributed by atoms with E-state index in [1.165, 1.54) is 9.91 Å². The molecule has 2 aliphatic heterocycles. The molecule has 0 saturated carbocycles. The highest BCUT2D eigenvalue weighted by Crippen LogP contribution is 2.42. The van der Waals surface area contributed by atoms with E-state index in [9.17, 15) is 14.4 Å². The maximum atomic E-state index is 13.6. The van der Waals surface area contributed by atoms with Crippen molar-refractivity contribution < 1.29 is 14.4 Å². The van der Waals surface area contributed by atoms with Crippen molar-refractivity contribution in [2.45, 2.75) is 25.9 Å². The number of aryl methyl sites for hydroxylation is 2. The van der Waals surface area contributed by atoms with Crippen LogP contribution in [0.4, 0.5) is 5.69 Å². The second kappa shape index (κ2) is 8.24. The average molecular weight is 504 g/mol. The van der Waals surface area contributed by atoms with Crippen LogP contribution in [0.5, 0.6) is 0 Å². The Labute approximate surface area is 200 Å². The first-order chi connectivity index (χ1) is 15.8. The first kappa shape index (κ1) is 21.6. The SMILES string of the molecule is Cc1ccc([C@@H]2NN(C(=O)c3cccc(Br)c3)[C@H]3C(=O)N(c4ccc(C)cc4)C(=O)[C@@H]23)cc1. The number of imide groups is 1. The van der Waals surface area contributed by atoms with Gasteiger partial charge in [0.15, 0.2) is 0 Å². The van der Waals surface area contributed by atoms with Crippen LogP contribution in [0.3, 0.4) is 0 Å². The number of hydrazine groups is 1. The molecule has 0 aromatic heterocycles. The molecule has 5 rings (SSSR count). The van der Waals surface area contributed by atoms with Gasteiger partial charge in [-0.2, -0.15) is 0 Å². The van der Waals surface area contributed by atoms with Gasteiger partial charge in [0, 0.05) is 10.0 Å². The highest BCUT2D eigenvalue weighted by atomic mass is 79.9. The van der Waals surface area contributed by atoms with E-state index in [2.05, 4.69) is 21.4 Å². The molecule has 0 spiro atoms. The zero-order valence-electron chi connectivity index (χ0n) is 18.2. The summed E-state index contributed by atoms with van der Waals surface area (Å²) in [7, 11) is 0. The van der Waals surface area contributed by atoms with Crippen molar-refractivity contribution in [1.82, 2.24) is 10.4 Å². The maximum absolute atomic E-state index is 13.6. The largest absolute Gasteiger partial charge is 0.274 e. The molecule has 6 nitrogen and oxygen atoms in total. The lowest BCUT2D eigenvalue weighted by Crippen LogP contribution is -2.48. The molecule has 0 bridgehead atoms. The molecule has 7 heteroatoms. The molecule has 33 heavy (non-hydrogen) atoms. The molecule has 3 aromatic carbocycles. The number of hydrogen-bond acceptors (Lipinski definition) is 4. The van der Waals surface area contributed by atoms with Crippen LogP contribution in [0, 0.1) is 19.8 Å². The summed E-state index contributed by atoms with van der Waals surface area (Å²) in [6.45, 7) is 3.93. The number of anilines is 1. The molecule has 0 radical (unpaired) electrons. The Hall–Kier alpha value is -3.29. The van der Waals surface area contributed by atoms with Gasteiger partial charge < -0.3 is 0 Å². The lowest BCUT2D eigenvalue weighted by Gasteiger charge is -2.25. The van der Waals surface area contributed by atoms with Crippen molar-refractivity contribution in [1.29, 1.82) is 0 Å². The van der Waals surface area contributed by atoms with Gasteiger partial charge in [-0.25, -0.2) is 10.3 Å². The zero-order chi connectivity index (χ0) is 23.3. The number of hydrogen-bond donors (Lipinski definition) is 1. The van der Waals surface area contributed by atoms with Gasteiger partial charge in [-0.05, 0) is 49.7 Å². The van der Waals surface area contributed by atoms with E-state index >= 15 is 0 Å². The van der Waals surface area contributed by atoms with Crippen LogP contribution in [0.2, 0.25) is 0 Å². The lowest BCUT2D eigenvalue weighted by molar-refractivity contribution is -0.123. The van der Waals surface area contributed by atoms with E-state index in [1.54, 1.807) is 30.3 Å². The minimum absolute atomic E-state index is 0.309. The molecule has 0 unspecified atom stereocenters. The topological polar surface area (TPSA) is 69.7 Å². The molecule has 2 saturated heterocycles. The number of carbonyl (C=O) groups is 3. The summed E-state index contributed by atoms with van der Waals surface area (Å²) in [5, 5.41) is 1.34. The van der Waals surface area contributed by atoms with Crippen molar-refractivity contribution in [3.8, 4) is 0 Å². The molecule has 2 fully saturated rings. The number of fused-ring (bicyclic) bond motifs is 1. The monoisotopic (exact) mass is 503 g/mol. The van der Waals surface area contributed by atoms with Crippen LogP contribution in [-0.4, -0.2) is 28.8 Å². The van der Waals surface area contributed by atoms with Crippen LogP contribution >= 0.6 is 15.9 Å². The first-order valence-electron chi connectivity index (χ1n) is 10.7. The van der Waals surface area contributed by atoms with Gasteiger partial charge in [-0.1, -0.05) is 69.5 Å². The van der Waals surface area contributed by atoms with Gasteiger partial charge in [0.2, 0.25) is 5.91 Å². The molecule has 3 aromatic rings. The number of nitrogens with zero attached hydrogens (tertiary/aromatic N) is 2. The van der Waals surface area contributed by atoms with Crippen LogP contribution < -0.4 is 10.3 Å². The van der Waals surface area contributed by atoms with Gasteiger partial charge in [0.05, 0.1) is 17.6 Å². The van der Waals surface area contributed by atoms with Crippen LogP contribution in [-0.2, 0) is 9.59 Å². The van der Waals surface area contributed by atoms with E-state index < -0.39 is 23.9 Å². The number of carbonyl (C=O) groups excluding carboxylic acids is 3. The highest BCUT2D eigenvalue weighted by Gasteiger charge is 2.60. The normalized spacial score (nSPS) is 22.1.